The Kier molecular flexibility index (Phi) is 5.42. The standard InChI is InChI=1S/C24H25N5O2/c1-15-9-10-25-21(11-15)20-13-17(3)19(12-18(20)4)14-31-23-16(2)7-6-8-22(23)29-24(30)28(5)26-27-29/h6-13H,14H2,1-5H3. The van der Waals surface area contributed by atoms with Crippen LogP contribution in [0, 0.1) is 27.7 Å². The maximum Gasteiger partial charge on any atom is 0.368 e. The van der Waals surface area contributed by atoms with E-state index in [1.54, 1.807) is 7.05 Å². The molecule has 4 aromatic rings. The van der Waals surface area contributed by atoms with Crippen LogP contribution in [0.15, 0.2) is 53.5 Å². The van der Waals surface area contributed by atoms with Gasteiger partial charge in [-0.15, -0.1) is 0 Å². The first-order valence-electron chi connectivity index (χ1n) is 10.1. The van der Waals surface area contributed by atoms with Crippen LogP contribution in [0.25, 0.3) is 16.9 Å². The van der Waals surface area contributed by atoms with Crippen molar-refractivity contribution in [1.29, 1.82) is 0 Å². The molecular formula is C24H25N5O2. The minimum absolute atomic E-state index is 0.322. The third-order valence-electron chi connectivity index (χ3n) is 5.39. The van der Waals surface area contributed by atoms with Crippen LogP contribution in [0.3, 0.4) is 0 Å². The number of aromatic nitrogens is 5. The molecule has 7 heteroatoms. The molecule has 0 bridgehead atoms. The number of nitrogens with zero attached hydrogens (tertiary/aromatic N) is 5. The normalized spacial score (nSPS) is 11.0. The Balaban J connectivity index is 1.66. The molecule has 31 heavy (non-hydrogen) atoms. The first-order valence-corrected chi connectivity index (χ1v) is 10.1. The summed E-state index contributed by atoms with van der Waals surface area (Å²) in [6.45, 7) is 8.55. The Bertz CT molecular complexity index is 1320. The van der Waals surface area contributed by atoms with E-state index < -0.39 is 0 Å². The molecule has 0 unspecified atom stereocenters. The smallest absolute Gasteiger partial charge is 0.368 e. The van der Waals surface area contributed by atoms with Crippen molar-refractivity contribution in [3.63, 3.8) is 0 Å². The highest BCUT2D eigenvalue weighted by Crippen LogP contribution is 2.29. The van der Waals surface area contributed by atoms with Crippen molar-refractivity contribution in [2.24, 2.45) is 7.05 Å². The molecule has 0 fully saturated rings. The second-order valence-electron chi connectivity index (χ2n) is 7.82. The number of hydrogen-bond donors (Lipinski definition) is 0. The Morgan fingerprint density at radius 1 is 0.935 bits per heavy atom. The maximum absolute atomic E-state index is 12.3. The quantitative estimate of drug-likeness (QED) is 0.495. The molecule has 0 aliphatic heterocycles. The topological polar surface area (TPSA) is 74.8 Å². The summed E-state index contributed by atoms with van der Waals surface area (Å²) in [5, 5.41) is 7.76. The largest absolute Gasteiger partial charge is 0.486 e. The van der Waals surface area contributed by atoms with Gasteiger partial charge in [-0.25, -0.2) is 4.79 Å². The van der Waals surface area contributed by atoms with Gasteiger partial charge in [0.15, 0.2) is 0 Å². The highest BCUT2D eigenvalue weighted by molar-refractivity contribution is 5.66. The molecule has 2 aromatic heterocycles. The molecule has 0 saturated heterocycles. The van der Waals surface area contributed by atoms with Gasteiger partial charge in [-0.05, 0) is 90.2 Å². The Labute approximate surface area is 180 Å². The van der Waals surface area contributed by atoms with E-state index in [4.69, 9.17) is 4.74 Å². The van der Waals surface area contributed by atoms with Gasteiger partial charge in [0.05, 0.1) is 5.69 Å². The second kappa shape index (κ2) is 8.18. The minimum Gasteiger partial charge on any atom is -0.486 e. The fourth-order valence-electron chi connectivity index (χ4n) is 3.60. The van der Waals surface area contributed by atoms with Crippen LogP contribution < -0.4 is 10.4 Å². The van der Waals surface area contributed by atoms with Crippen molar-refractivity contribution in [1.82, 2.24) is 24.8 Å². The van der Waals surface area contributed by atoms with Crippen molar-refractivity contribution in [2.45, 2.75) is 34.3 Å². The van der Waals surface area contributed by atoms with Gasteiger partial charge in [0.25, 0.3) is 0 Å². The summed E-state index contributed by atoms with van der Waals surface area (Å²) in [5.74, 6) is 0.617. The third kappa shape index (κ3) is 3.99. The van der Waals surface area contributed by atoms with Crippen molar-refractivity contribution >= 4 is 0 Å². The second-order valence-corrected chi connectivity index (χ2v) is 7.82. The molecule has 7 nitrogen and oxygen atoms in total. The molecule has 0 atom stereocenters. The summed E-state index contributed by atoms with van der Waals surface area (Å²) >= 11 is 0. The molecule has 0 amide bonds. The Morgan fingerprint density at radius 3 is 2.45 bits per heavy atom. The molecule has 0 radical (unpaired) electrons. The molecular weight excluding hydrogens is 390 g/mol. The van der Waals surface area contributed by atoms with Crippen LogP contribution >= 0.6 is 0 Å². The molecule has 0 N–H and O–H groups in total. The summed E-state index contributed by atoms with van der Waals surface area (Å²) < 4.78 is 8.67. The van der Waals surface area contributed by atoms with Crippen LogP contribution in [0.5, 0.6) is 5.75 Å². The maximum atomic E-state index is 12.3. The first kappa shape index (κ1) is 20.5. The summed E-state index contributed by atoms with van der Waals surface area (Å²) in [5.41, 5.74) is 7.78. The van der Waals surface area contributed by atoms with Crippen molar-refractivity contribution in [3.8, 4) is 22.7 Å². The molecule has 4 rings (SSSR count). The average Bonchev–Trinajstić information content (AvgIpc) is 3.07. The summed E-state index contributed by atoms with van der Waals surface area (Å²) in [7, 11) is 1.57. The summed E-state index contributed by atoms with van der Waals surface area (Å²) in [6, 6.07) is 14.0. The van der Waals surface area contributed by atoms with Crippen LogP contribution in [0.2, 0.25) is 0 Å². The number of tetrazole rings is 1. The van der Waals surface area contributed by atoms with Gasteiger partial charge in [-0.2, -0.15) is 9.36 Å². The lowest BCUT2D eigenvalue weighted by atomic mass is 9.97. The lowest BCUT2D eigenvalue weighted by molar-refractivity contribution is 0.301. The predicted octanol–water partition coefficient (Wildman–Crippen LogP) is 3.84. The Hall–Kier alpha value is -3.74. The van der Waals surface area contributed by atoms with E-state index in [9.17, 15) is 4.79 Å². The molecule has 0 saturated carbocycles. The molecule has 0 aliphatic carbocycles. The zero-order valence-electron chi connectivity index (χ0n) is 18.4. The van der Waals surface area contributed by atoms with Crippen LogP contribution in [0.1, 0.15) is 27.8 Å². The number of para-hydroxylation sites is 1. The third-order valence-corrected chi connectivity index (χ3v) is 5.39. The van der Waals surface area contributed by atoms with Gasteiger partial charge in [0.2, 0.25) is 0 Å². The number of pyridine rings is 1. The molecule has 2 heterocycles. The number of hydrogen-bond acceptors (Lipinski definition) is 5. The van der Waals surface area contributed by atoms with Gasteiger partial charge in [-0.3, -0.25) is 4.98 Å². The summed E-state index contributed by atoms with van der Waals surface area (Å²) in [4.78, 5) is 16.9. The summed E-state index contributed by atoms with van der Waals surface area (Å²) in [6.07, 6.45) is 1.84. The predicted molar refractivity (Wildman–Crippen MR) is 120 cm³/mol. The number of benzene rings is 2. The van der Waals surface area contributed by atoms with Crippen molar-refractivity contribution in [3.05, 3.63) is 87.0 Å². The van der Waals surface area contributed by atoms with E-state index in [-0.39, 0.29) is 5.69 Å². The number of rotatable bonds is 5. The van der Waals surface area contributed by atoms with Crippen molar-refractivity contribution in [2.75, 3.05) is 0 Å². The molecule has 158 valence electrons. The fourth-order valence-corrected chi connectivity index (χ4v) is 3.60. The van der Waals surface area contributed by atoms with Gasteiger partial charge in [0, 0.05) is 18.8 Å². The van der Waals surface area contributed by atoms with Crippen molar-refractivity contribution < 1.29 is 4.74 Å². The SMILES string of the molecule is Cc1ccnc(-c2cc(C)c(COc3c(C)cccc3-n3nnn(C)c3=O)cc2C)c1. The van der Waals surface area contributed by atoms with E-state index in [0.717, 1.165) is 33.5 Å². The zero-order valence-corrected chi connectivity index (χ0v) is 18.4. The molecule has 0 spiro atoms. The minimum atomic E-state index is -0.322. The highest BCUT2D eigenvalue weighted by atomic mass is 16.5. The van der Waals surface area contributed by atoms with E-state index in [1.165, 1.54) is 14.9 Å². The monoisotopic (exact) mass is 415 g/mol. The lowest BCUT2D eigenvalue weighted by Gasteiger charge is -2.16. The van der Waals surface area contributed by atoms with Crippen LogP contribution in [-0.4, -0.2) is 24.8 Å². The number of ether oxygens (including phenoxy) is 1. The van der Waals surface area contributed by atoms with Gasteiger partial charge in [0.1, 0.15) is 18.0 Å². The highest BCUT2D eigenvalue weighted by Gasteiger charge is 2.15. The van der Waals surface area contributed by atoms with E-state index in [0.29, 0.717) is 18.0 Å². The van der Waals surface area contributed by atoms with Gasteiger partial charge in [-0.1, -0.05) is 18.2 Å². The van der Waals surface area contributed by atoms with E-state index in [2.05, 4.69) is 54.4 Å². The molecule has 2 aromatic carbocycles. The Morgan fingerprint density at radius 2 is 1.74 bits per heavy atom. The van der Waals surface area contributed by atoms with Gasteiger partial charge < -0.3 is 4.74 Å². The lowest BCUT2D eigenvalue weighted by Crippen LogP contribution is -2.22. The van der Waals surface area contributed by atoms with E-state index in [1.807, 2.05) is 37.4 Å². The van der Waals surface area contributed by atoms with E-state index >= 15 is 0 Å². The molecule has 0 aliphatic rings. The zero-order chi connectivity index (χ0) is 22.1. The fraction of sp³-hybridized carbons (Fsp3) is 0.250. The number of aryl methyl sites for hydroxylation is 5. The van der Waals surface area contributed by atoms with Crippen LogP contribution in [0.4, 0.5) is 0 Å². The average molecular weight is 415 g/mol. The van der Waals surface area contributed by atoms with Crippen LogP contribution in [-0.2, 0) is 13.7 Å². The first-order chi connectivity index (χ1) is 14.8. The van der Waals surface area contributed by atoms with Gasteiger partial charge >= 0.3 is 5.69 Å².